The fourth-order valence-electron chi connectivity index (χ4n) is 2.94. The van der Waals surface area contributed by atoms with Crippen LogP contribution in [0.25, 0.3) is 0 Å². The van der Waals surface area contributed by atoms with Gasteiger partial charge in [-0.05, 0) is 71.1 Å². The van der Waals surface area contributed by atoms with Crippen LogP contribution in [0.2, 0.25) is 0 Å². The van der Waals surface area contributed by atoms with Gasteiger partial charge in [0.15, 0.2) is 0 Å². The number of aromatic nitrogens is 2. The van der Waals surface area contributed by atoms with Crippen molar-refractivity contribution in [3.05, 3.63) is 81.6 Å². The molecule has 1 amide bonds. The van der Waals surface area contributed by atoms with E-state index >= 15 is 0 Å². The molecule has 0 fully saturated rings. The minimum absolute atomic E-state index is 0.0722. The highest BCUT2D eigenvalue weighted by atomic mass is 79.9. The van der Waals surface area contributed by atoms with Gasteiger partial charge in [-0.15, -0.1) is 0 Å². The van der Waals surface area contributed by atoms with Crippen LogP contribution in [0.3, 0.4) is 0 Å². The summed E-state index contributed by atoms with van der Waals surface area (Å²) in [6, 6.07) is 15.7. The van der Waals surface area contributed by atoms with Gasteiger partial charge >= 0.3 is 0 Å². The molecule has 1 N–H and O–H groups in total. The van der Waals surface area contributed by atoms with E-state index in [0.717, 1.165) is 40.9 Å². The van der Waals surface area contributed by atoms with Crippen molar-refractivity contribution >= 4 is 21.8 Å². The normalized spacial score (nSPS) is 10.7. The highest BCUT2D eigenvalue weighted by Gasteiger charge is 2.07. The number of rotatable bonds is 9. The van der Waals surface area contributed by atoms with E-state index in [2.05, 4.69) is 45.4 Å². The van der Waals surface area contributed by atoms with Crippen LogP contribution in [0.5, 0.6) is 5.75 Å². The number of ether oxygens (including phenoxy) is 1. The van der Waals surface area contributed by atoms with Gasteiger partial charge in [0.2, 0.25) is 0 Å². The second kappa shape index (κ2) is 10.3. The van der Waals surface area contributed by atoms with Crippen molar-refractivity contribution in [3.63, 3.8) is 0 Å². The molecule has 0 saturated carbocycles. The average molecular weight is 456 g/mol. The number of hydrogen-bond acceptors (Lipinski definition) is 3. The molecule has 0 unspecified atom stereocenters. The number of halogens is 1. The van der Waals surface area contributed by atoms with E-state index in [9.17, 15) is 4.79 Å². The Kier molecular flexibility index (Phi) is 7.47. The van der Waals surface area contributed by atoms with Crippen molar-refractivity contribution in [1.82, 2.24) is 15.1 Å². The molecule has 152 valence electrons. The first-order chi connectivity index (χ1) is 14.0. The number of hydrogen-bond donors (Lipinski definition) is 1. The van der Waals surface area contributed by atoms with Crippen LogP contribution < -0.4 is 10.1 Å². The van der Waals surface area contributed by atoms with E-state index in [0.29, 0.717) is 18.7 Å². The van der Waals surface area contributed by atoms with Gasteiger partial charge in [-0.1, -0.05) is 31.2 Å². The van der Waals surface area contributed by atoms with Gasteiger partial charge < -0.3 is 10.1 Å². The van der Waals surface area contributed by atoms with Gasteiger partial charge in [0.1, 0.15) is 12.4 Å². The lowest BCUT2D eigenvalue weighted by Crippen LogP contribution is -2.25. The number of carbonyl (C=O) groups excluding carboxylic acids is 1. The van der Waals surface area contributed by atoms with Crippen LogP contribution in [-0.4, -0.2) is 22.2 Å². The van der Waals surface area contributed by atoms with Gasteiger partial charge in [-0.3, -0.25) is 9.48 Å². The Balaban J connectivity index is 1.46. The predicted octanol–water partition coefficient (Wildman–Crippen LogP) is 4.92. The molecule has 3 aromatic rings. The number of aryl methyl sites for hydroxylation is 3. The molecule has 0 aliphatic carbocycles. The lowest BCUT2D eigenvalue weighted by atomic mass is 10.1. The Hall–Kier alpha value is -2.60. The maximum Gasteiger partial charge on any atom is 0.251 e. The minimum atomic E-state index is -0.0722. The maximum absolute atomic E-state index is 12.4. The summed E-state index contributed by atoms with van der Waals surface area (Å²) in [5.41, 5.74) is 3.86. The molecule has 0 atom stereocenters. The second-order valence-corrected chi connectivity index (χ2v) is 7.78. The summed E-state index contributed by atoms with van der Waals surface area (Å²) >= 11 is 3.46. The molecule has 5 nitrogen and oxygen atoms in total. The second-order valence-electron chi connectivity index (χ2n) is 6.92. The zero-order chi connectivity index (χ0) is 20.6. The summed E-state index contributed by atoms with van der Waals surface area (Å²) in [6.07, 6.45) is 3.78. The van der Waals surface area contributed by atoms with Crippen LogP contribution >= 0.6 is 15.9 Å². The molecule has 0 radical (unpaired) electrons. The van der Waals surface area contributed by atoms with Crippen LogP contribution in [0, 0.1) is 6.92 Å². The molecular formula is C23H26BrN3O2. The quantitative estimate of drug-likeness (QED) is 0.466. The summed E-state index contributed by atoms with van der Waals surface area (Å²) in [4.78, 5) is 12.4. The van der Waals surface area contributed by atoms with Crippen LogP contribution in [0.4, 0.5) is 0 Å². The smallest absolute Gasteiger partial charge is 0.251 e. The van der Waals surface area contributed by atoms with Crippen molar-refractivity contribution in [3.8, 4) is 5.75 Å². The maximum atomic E-state index is 12.4. The van der Waals surface area contributed by atoms with Crippen LogP contribution in [-0.2, 0) is 19.6 Å². The predicted molar refractivity (Wildman–Crippen MR) is 118 cm³/mol. The first kappa shape index (κ1) is 21.1. The minimum Gasteiger partial charge on any atom is -0.489 e. The SMILES string of the molecule is CCc1ccc(OCc2cccc(C(=O)NCCCn3cc(Br)c(C)n3)c2)cc1. The van der Waals surface area contributed by atoms with Crippen molar-refractivity contribution in [1.29, 1.82) is 0 Å². The highest BCUT2D eigenvalue weighted by Crippen LogP contribution is 2.15. The lowest BCUT2D eigenvalue weighted by Gasteiger charge is -2.09. The molecule has 0 aliphatic rings. The number of carbonyl (C=O) groups is 1. The molecule has 0 aliphatic heterocycles. The molecular weight excluding hydrogens is 430 g/mol. The van der Waals surface area contributed by atoms with E-state index in [4.69, 9.17) is 4.74 Å². The molecule has 1 aromatic heterocycles. The Bertz CT molecular complexity index is 932. The molecule has 29 heavy (non-hydrogen) atoms. The summed E-state index contributed by atoms with van der Waals surface area (Å²) in [7, 11) is 0. The third kappa shape index (κ3) is 6.19. The standard InChI is InChI=1S/C23H26BrN3O2/c1-3-18-8-10-21(11-9-18)29-16-19-6-4-7-20(14-19)23(28)25-12-5-13-27-15-22(24)17(2)26-27/h4,6-11,14-15H,3,5,12-13,16H2,1-2H3,(H,25,28). The molecule has 0 bridgehead atoms. The zero-order valence-corrected chi connectivity index (χ0v) is 18.4. The van der Waals surface area contributed by atoms with Crippen molar-refractivity contribution in [2.45, 2.75) is 39.8 Å². The van der Waals surface area contributed by atoms with E-state index in [1.54, 1.807) is 0 Å². The van der Waals surface area contributed by atoms with Gasteiger partial charge in [0, 0.05) is 24.8 Å². The van der Waals surface area contributed by atoms with Gasteiger partial charge in [0.05, 0.1) is 10.2 Å². The Morgan fingerprint density at radius 1 is 1.17 bits per heavy atom. The van der Waals surface area contributed by atoms with Gasteiger partial charge in [-0.25, -0.2) is 0 Å². The summed E-state index contributed by atoms with van der Waals surface area (Å²) in [5.74, 6) is 0.759. The molecule has 0 spiro atoms. The highest BCUT2D eigenvalue weighted by molar-refractivity contribution is 9.10. The van der Waals surface area contributed by atoms with Crippen molar-refractivity contribution < 1.29 is 9.53 Å². The summed E-state index contributed by atoms with van der Waals surface area (Å²) < 4.78 is 8.73. The Morgan fingerprint density at radius 2 is 1.97 bits per heavy atom. The Labute approximate surface area is 180 Å². The lowest BCUT2D eigenvalue weighted by molar-refractivity contribution is 0.0952. The zero-order valence-electron chi connectivity index (χ0n) is 16.8. The number of nitrogens with zero attached hydrogens (tertiary/aromatic N) is 2. The third-order valence-corrected chi connectivity index (χ3v) is 5.44. The molecule has 1 heterocycles. The average Bonchev–Trinajstić information content (AvgIpc) is 3.07. The van der Waals surface area contributed by atoms with Crippen LogP contribution in [0.1, 0.15) is 40.5 Å². The molecule has 0 saturated heterocycles. The third-order valence-electron chi connectivity index (χ3n) is 4.66. The fourth-order valence-corrected chi connectivity index (χ4v) is 3.26. The van der Waals surface area contributed by atoms with E-state index in [1.807, 2.05) is 54.2 Å². The van der Waals surface area contributed by atoms with E-state index in [1.165, 1.54) is 5.56 Å². The number of nitrogens with one attached hydrogen (secondary N) is 1. The van der Waals surface area contributed by atoms with E-state index < -0.39 is 0 Å². The summed E-state index contributed by atoms with van der Waals surface area (Å²) in [5, 5.41) is 7.37. The van der Waals surface area contributed by atoms with Crippen molar-refractivity contribution in [2.24, 2.45) is 0 Å². The first-order valence-corrected chi connectivity index (χ1v) is 10.6. The van der Waals surface area contributed by atoms with Crippen LogP contribution in [0.15, 0.2) is 59.2 Å². The first-order valence-electron chi connectivity index (χ1n) is 9.83. The van der Waals surface area contributed by atoms with E-state index in [-0.39, 0.29) is 5.91 Å². The van der Waals surface area contributed by atoms with Gasteiger partial charge in [-0.2, -0.15) is 5.10 Å². The monoisotopic (exact) mass is 455 g/mol. The fraction of sp³-hybridized carbons (Fsp3) is 0.304. The number of amides is 1. The Morgan fingerprint density at radius 3 is 2.66 bits per heavy atom. The summed E-state index contributed by atoms with van der Waals surface area (Å²) in [6.45, 7) is 5.88. The van der Waals surface area contributed by atoms with Crippen molar-refractivity contribution in [2.75, 3.05) is 6.54 Å². The topological polar surface area (TPSA) is 56.1 Å². The van der Waals surface area contributed by atoms with Gasteiger partial charge in [0.25, 0.3) is 5.91 Å². The molecule has 6 heteroatoms. The molecule has 3 rings (SSSR count). The number of benzene rings is 2. The molecule has 2 aromatic carbocycles. The largest absolute Gasteiger partial charge is 0.489 e.